The number of quaternary nitrogens is 2. The van der Waals surface area contributed by atoms with E-state index in [4.69, 9.17) is 9.47 Å². The summed E-state index contributed by atoms with van der Waals surface area (Å²) in [4.78, 5) is 15.6. The smallest absolute Gasteiger partial charge is 0.275 e. The normalized spacial score (nSPS) is 21.2. The Morgan fingerprint density at radius 1 is 0.903 bits per heavy atom. The first-order valence-corrected chi connectivity index (χ1v) is 11.4. The van der Waals surface area contributed by atoms with Gasteiger partial charge in [-0.05, 0) is 36.1 Å². The molecule has 3 N–H and O–H groups in total. The predicted molar refractivity (Wildman–Crippen MR) is 120 cm³/mol. The van der Waals surface area contributed by atoms with Crippen molar-refractivity contribution in [2.24, 2.45) is 0 Å². The van der Waals surface area contributed by atoms with E-state index in [2.05, 4.69) is 43.4 Å². The van der Waals surface area contributed by atoms with Crippen LogP contribution in [0.15, 0.2) is 42.5 Å². The average molecular weight is 426 g/mol. The quantitative estimate of drug-likeness (QED) is 0.612. The van der Waals surface area contributed by atoms with Gasteiger partial charge < -0.3 is 24.6 Å². The maximum atomic E-state index is 12.6. The predicted octanol–water partition coefficient (Wildman–Crippen LogP) is 0.700. The number of ether oxygens (including phenoxy) is 2. The largest absolute Gasteiger partial charge is 0.454 e. The molecule has 1 fully saturated rings. The van der Waals surface area contributed by atoms with Crippen molar-refractivity contribution in [1.82, 2.24) is 5.32 Å². The maximum absolute atomic E-state index is 12.6. The van der Waals surface area contributed by atoms with Gasteiger partial charge in [-0.3, -0.25) is 4.79 Å². The number of benzene rings is 2. The van der Waals surface area contributed by atoms with E-state index in [9.17, 15) is 4.79 Å². The lowest BCUT2D eigenvalue weighted by molar-refractivity contribution is -1.02. The summed E-state index contributed by atoms with van der Waals surface area (Å²) in [5, 5.41) is 3.14. The van der Waals surface area contributed by atoms with Crippen LogP contribution in [-0.4, -0.2) is 45.4 Å². The van der Waals surface area contributed by atoms with E-state index in [-0.39, 0.29) is 18.7 Å². The fourth-order valence-corrected chi connectivity index (χ4v) is 4.41. The third-order valence-electron chi connectivity index (χ3n) is 6.45. The molecule has 6 heteroatoms. The molecule has 0 saturated carbocycles. The van der Waals surface area contributed by atoms with Gasteiger partial charge in [0.2, 0.25) is 6.79 Å². The lowest BCUT2D eigenvalue weighted by Gasteiger charge is -2.29. The van der Waals surface area contributed by atoms with E-state index in [0.717, 1.165) is 49.8 Å². The molecule has 2 aliphatic rings. The number of piperazine rings is 1. The first-order valence-electron chi connectivity index (χ1n) is 11.4. The van der Waals surface area contributed by atoms with E-state index in [1.165, 1.54) is 16.0 Å². The summed E-state index contributed by atoms with van der Waals surface area (Å²) in [6, 6.07) is 14.8. The van der Waals surface area contributed by atoms with Gasteiger partial charge in [0.05, 0.1) is 6.04 Å². The Morgan fingerprint density at radius 3 is 2.26 bits per heavy atom. The molecule has 0 spiro atoms. The number of amides is 1. The molecule has 2 aromatic carbocycles. The van der Waals surface area contributed by atoms with Crippen molar-refractivity contribution in [1.29, 1.82) is 0 Å². The van der Waals surface area contributed by atoms with E-state index >= 15 is 0 Å². The van der Waals surface area contributed by atoms with Gasteiger partial charge in [-0.15, -0.1) is 0 Å². The summed E-state index contributed by atoms with van der Waals surface area (Å²) in [6.45, 7) is 12.6. The highest BCUT2D eigenvalue weighted by Gasteiger charge is 2.25. The first kappa shape index (κ1) is 21.7. The van der Waals surface area contributed by atoms with Crippen molar-refractivity contribution in [2.75, 3.05) is 39.5 Å². The summed E-state index contributed by atoms with van der Waals surface area (Å²) in [5.74, 6) is 2.20. The van der Waals surface area contributed by atoms with Gasteiger partial charge in [0.25, 0.3) is 5.91 Å². The van der Waals surface area contributed by atoms with E-state index in [1.807, 2.05) is 25.1 Å². The standard InChI is InChI=1S/C25H33N3O3/c1-18(2)21-6-4-20(5-7-21)15-27-10-12-28(13-11-27)16-25(29)26-19(3)22-8-9-23-24(14-22)31-17-30-23/h4-9,14,18-19H,10-13,15-17H2,1-3H3,(H,26,29)/p+2/t19-/m0/s1. The average Bonchev–Trinajstić information content (AvgIpc) is 3.23. The van der Waals surface area contributed by atoms with Crippen molar-refractivity contribution in [3.8, 4) is 11.5 Å². The minimum Gasteiger partial charge on any atom is -0.454 e. The van der Waals surface area contributed by atoms with Gasteiger partial charge >= 0.3 is 0 Å². The Hall–Kier alpha value is -2.57. The number of carbonyl (C=O) groups is 1. The molecule has 4 rings (SSSR count). The zero-order valence-electron chi connectivity index (χ0n) is 18.9. The molecule has 1 atom stereocenters. The van der Waals surface area contributed by atoms with Crippen LogP contribution in [0.3, 0.4) is 0 Å². The molecule has 6 nitrogen and oxygen atoms in total. The number of hydrogen-bond acceptors (Lipinski definition) is 3. The Labute approximate surface area is 185 Å². The molecule has 1 saturated heterocycles. The van der Waals surface area contributed by atoms with E-state index in [0.29, 0.717) is 12.5 Å². The van der Waals surface area contributed by atoms with Crippen LogP contribution < -0.4 is 24.6 Å². The molecule has 1 amide bonds. The molecule has 0 bridgehead atoms. The second-order valence-corrected chi connectivity index (χ2v) is 9.15. The summed E-state index contributed by atoms with van der Waals surface area (Å²) in [7, 11) is 0. The minimum atomic E-state index is -0.0536. The van der Waals surface area contributed by atoms with Gasteiger partial charge in [-0.25, -0.2) is 0 Å². The summed E-state index contributed by atoms with van der Waals surface area (Å²) in [6.07, 6.45) is 0. The molecule has 0 aromatic heterocycles. The van der Waals surface area contributed by atoms with Crippen molar-refractivity contribution in [3.63, 3.8) is 0 Å². The molecule has 2 aromatic rings. The van der Waals surface area contributed by atoms with Crippen LogP contribution in [0, 0.1) is 0 Å². The van der Waals surface area contributed by atoms with Crippen LogP contribution in [0.4, 0.5) is 0 Å². The molecule has 166 valence electrons. The van der Waals surface area contributed by atoms with Gasteiger partial charge in [-0.2, -0.15) is 0 Å². The third-order valence-corrected chi connectivity index (χ3v) is 6.45. The van der Waals surface area contributed by atoms with E-state index < -0.39 is 0 Å². The zero-order chi connectivity index (χ0) is 21.8. The van der Waals surface area contributed by atoms with Crippen LogP contribution in [0.25, 0.3) is 0 Å². The fraction of sp³-hybridized carbons (Fsp3) is 0.480. The van der Waals surface area contributed by atoms with Crippen molar-refractivity contribution in [3.05, 3.63) is 59.2 Å². The number of carbonyl (C=O) groups excluding carboxylic acids is 1. The molecule has 0 aliphatic carbocycles. The topological polar surface area (TPSA) is 56.4 Å². The van der Waals surface area contributed by atoms with E-state index in [1.54, 1.807) is 4.90 Å². The van der Waals surface area contributed by atoms with Crippen LogP contribution in [-0.2, 0) is 11.3 Å². The van der Waals surface area contributed by atoms with Crippen LogP contribution in [0.5, 0.6) is 11.5 Å². The van der Waals surface area contributed by atoms with Crippen LogP contribution in [0.2, 0.25) is 0 Å². The summed E-state index contributed by atoms with van der Waals surface area (Å²) < 4.78 is 10.8. The van der Waals surface area contributed by atoms with Gasteiger partial charge in [0, 0.05) is 5.56 Å². The molecule has 0 radical (unpaired) electrons. The Balaban J connectivity index is 1.21. The van der Waals surface area contributed by atoms with Gasteiger partial charge in [-0.1, -0.05) is 44.2 Å². The van der Waals surface area contributed by atoms with Gasteiger partial charge in [0.1, 0.15) is 32.7 Å². The summed E-state index contributed by atoms with van der Waals surface area (Å²) in [5.41, 5.74) is 3.83. The molecule has 31 heavy (non-hydrogen) atoms. The van der Waals surface area contributed by atoms with Crippen molar-refractivity contribution >= 4 is 5.91 Å². The Morgan fingerprint density at radius 2 is 1.55 bits per heavy atom. The lowest BCUT2D eigenvalue weighted by atomic mass is 10.0. The number of fused-ring (bicyclic) bond motifs is 1. The minimum absolute atomic E-state index is 0.0536. The second-order valence-electron chi connectivity index (χ2n) is 9.15. The Bertz CT molecular complexity index is 889. The monoisotopic (exact) mass is 425 g/mol. The SMILES string of the molecule is CC(C)c1ccc(C[NH+]2CC[NH+](CC(=O)N[C@@H](C)c3ccc4c(c3)OCO4)CC2)cc1. The first-order chi connectivity index (χ1) is 15.0. The highest BCUT2D eigenvalue weighted by Crippen LogP contribution is 2.34. The maximum Gasteiger partial charge on any atom is 0.275 e. The molecule has 0 unspecified atom stereocenters. The van der Waals surface area contributed by atoms with Crippen LogP contribution in [0.1, 0.15) is 49.4 Å². The number of rotatable bonds is 7. The second kappa shape index (κ2) is 9.71. The molecule has 2 aliphatic heterocycles. The highest BCUT2D eigenvalue weighted by molar-refractivity contribution is 5.77. The third kappa shape index (κ3) is 5.57. The van der Waals surface area contributed by atoms with Crippen LogP contribution >= 0.6 is 0 Å². The van der Waals surface area contributed by atoms with Crippen molar-refractivity contribution in [2.45, 2.75) is 39.3 Å². The highest BCUT2D eigenvalue weighted by atomic mass is 16.7. The Kier molecular flexibility index (Phi) is 6.78. The number of hydrogen-bond donors (Lipinski definition) is 3. The zero-order valence-corrected chi connectivity index (χ0v) is 18.9. The molecule has 2 heterocycles. The molecular weight excluding hydrogens is 390 g/mol. The van der Waals surface area contributed by atoms with Crippen molar-refractivity contribution < 1.29 is 24.1 Å². The fourth-order valence-electron chi connectivity index (χ4n) is 4.41. The lowest BCUT2D eigenvalue weighted by Crippen LogP contribution is -3.28. The number of nitrogens with one attached hydrogen (secondary N) is 3. The summed E-state index contributed by atoms with van der Waals surface area (Å²) >= 11 is 0. The van der Waals surface area contributed by atoms with Gasteiger partial charge in [0.15, 0.2) is 18.0 Å². The molecular formula is C25H35N3O3+2.